The van der Waals surface area contributed by atoms with Crippen LogP contribution in [-0.4, -0.2) is 18.8 Å². The van der Waals surface area contributed by atoms with Crippen molar-refractivity contribution in [2.24, 2.45) is 20.5 Å². The molecule has 0 bridgehead atoms. The maximum Gasteiger partial charge on any atom is 0.112 e. The van der Waals surface area contributed by atoms with E-state index < -0.39 is 0 Å². The van der Waals surface area contributed by atoms with E-state index in [4.69, 9.17) is 10.2 Å². The summed E-state index contributed by atoms with van der Waals surface area (Å²) >= 11 is 0. The summed E-state index contributed by atoms with van der Waals surface area (Å²) in [5, 5.41) is 23.9. The minimum Gasteiger partial charge on any atom is -0.348 e. The van der Waals surface area contributed by atoms with E-state index in [9.17, 15) is 0 Å². The molecule has 0 aliphatic carbocycles. The summed E-state index contributed by atoms with van der Waals surface area (Å²) in [6, 6.07) is 32.2. The molecule has 0 saturated carbocycles. The third-order valence-electron chi connectivity index (χ3n) is 13.7. The van der Waals surface area contributed by atoms with Gasteiger partial charge in [0.15, 0.2) is 0 Å². The standard InChI is InChI=1S/C57H80N6/c1-6-10-13-16-18-20-23-28-44-62-54-34-30-33-50-53(61-60-52-40-39-51(48-31-25-26-32-49(48)52)59-58-47-37-35-46(5)36-38-47)41-42-55(56(50)54)63(45-29-24-21-19-17-14-11-7-2)57(62,9-4)43-27-22-15-12-8-3/h25-26,30-42H,6-24,27-29,43-45H2,1-5H3. The summed E-state index contributed by atoms with van der Waals surface area (Å²) in [6.07, 6.45) is 30.2. The first-order valence-electron chi connectivity index (χ1n) is 25.6. The first-order chi connectivity index (χ1) is 31.0. The van der Waals surface area contributed by atoms with E-state index in [1.54, 1.807) is 0 Å². The lowest BCUT2D eigenvalue weighted by molar-refractivity contribution is 0.305. The number of nitrogens with zero attached hydrogens (tertiary/aromatic N) is 6. The highest BCUT2D eigenvalue weighted by Gasteiger charge is 2.45. The van der Waals surface area contributed by atoms with Crippen LogP contribution < -0.4 is 9.80 Å². The quantitative estimate of drug-likeness (QED) is 0.0355. The molecule has 1 aliphatic heterocycles. The van der Waals surface area contributed by atoms with Crippen molar-refractivity contribution in [3.63, 3.8) is 0 Å². The van der Waals surface area contributed by atoms with Gasteiger partial charge >= 0.3 is 0 Å². The molecular formula is C57H80N6. The zero-order valence-corrected chi connectivity index (χ0v) is 40.0. The Morgan fingerprint density at radius 2 is 0.825 bits per heavy atom. The van der Waals surface area contributed by atoms with Gasteiger partial charge in [-0.2, -0.15) is 5.11 Å². The average Bonchev–Trinajstić information content (AvgIpc) is 3.31. The van der Waals surface area contributed by atoms with Crippen LogP contribution in [0, 0.1) is 6.92 Å². The SMILES string of the molecule is CCCCCCCCCCN1c2cccc3c(N=Nc4ccc(N=Nc5ccc(C)cc5)c5ccccc45)ccc(c23)N(CCCCCCCCCC)C1(CC)CCCCCCC. The normalized spacial score (nSPS) is 15.3. The second-order valence-electron chi connectivity index (χ2n) is 18.4. The Hall–Kier alpha value is -4.58. The molecule has 5 aromatic carbocycles. The van der Waals surface area contributed by atoms with Gasteiger partial charge in [-0.15, -0.1) is 15.3 Å². The fourth-order valence-electron chi connectivity index (χ4n) is 10.1. The van der Waals surface area contributed by atoms with Crippen LogP contribution in [0.15, 0.2) is 111 Å². The second kappa shape index (κ2) is 25.6. The molecule has 1 aliphatic rings. The van der Waals surface area contributed by atoms with Crippen LogP contribution in [0.5, 0.6) is 0 Å². The van der Waals surface area contributed by atoms with E-state index >= 15 is 0 Å². The Labute approximate surface area is 382 Å². The molecule has 0 amide bonds. The molecule has 0 aromatic heterocycles. The summed E-state index contributed by atoms with van der Waals surface area (Å²) in [4.78, 5) is 5.78. The predicted molar refractivity (Wildman–Crippen MR) is 274 cm³/mol. The lowest BCUT2D eigenvalue weighted by Gasteiger charge is -2.57. The number of unbranched alkanes of at least 4 members (excludes halogenated alkanes) is 18. The minimum absolute atomic E-state index is 0.0454. The molecule has 1 heterocycles. The van der Waals surface area contributed by atoms with Gasteiger partial charge in [-0.3, -0.25) is 0 Å². The maximum atomic E-state index is 5.08. The number of hydrogen-bond donors (Lipinski definition) is 0. The summed E-state index contributed by atoms with van der Waals surface area (Å²) in [7, 11) is 0. The van der Waals surface area contributed by atoms with Crippen molar-refractivity contribution < 1.29 is 0 Å². The van der Waals surface area contributed by atoms with Gasteiger partial charge in [0.25, 0.3) is 0 Å². The second-order valence-corrected chi connectivity index (χ2v) is 18.4. The first-order valence-corrected chi connectivity index (χ1v) is 25.6. The molecule has 0 radical (unpaired) electrons. The molecule has 6 heteroatoms. The summed E-state index contributed by atoms with van der Waals surface area (Å²) in [5.41, 5.74) is 7.36. The van der Waals surface area contributed by atoms with Crippen molar-refractivity contribution in [1.29, 1.82) is 0 Å². The van der Waals surface area contributed by atoms with Gasteiger partial charge < -0.3 is 9.80 Å². The van der Waals surface area contributed by atoms with Crippen molar-refractivity contribution in [3.8, 4) is 0 Å². The summed E-state index contributed by atoms with van der Waals surface area (Å²) < 4.78 is 0. The molecule has 338 valence electrons. The highest BCUT2D eigenvalue weighted by molar-refractivity contribution is 6.10. The molecule has 6 rings (SSSR count). The van der Waals surface area contributed by atoms with Crippen molar-refractivity contribution in [1.82, 2.24) is 0 Å². The third-order valence-corrected chi connectivity index (χ3v) is 13.7. The lowest BCUT2D eigenvalue weighted by Crippen LogP contribution is -2.63. The Bertz CT molecular complexity index is 2140. The topological polar surface area (TPSA) is 55.9 Å². The number of azo groups is 2. The van der Waals surface area contributed by atoms with Gasteiger partial charge in [-0.25, -0.2) is 0 Å². The zero-order valence-electron chi connectivity index (χ0n) is 40.0. The van der Waals surface area contributed by atoms with Gasteiger partial charge in [0.05, 0.1) is 22.7 Å². The van der Waals surface area contributed by atoms with Crippen LogP contribution in [0.1, 0.15) is 181 Å². The monoisotopic (exact) mass is 849 g/mol. The molecule has 0 fully saturated rings. The van der Waals surface area contributed by atoms with E-state index in [-0.39, 0.29) is 5.66 Å². The fraction of sp³-hybridized carbons (Fsp3) is 0.544. The molecule has 0 saturated heterocycles. The smallest absolute Gasteiger partial charge is 0.112 e. The van der Waals surface area contributed by atoms with Crippen molar-refractivity contribution in [2.75, 3.05) is 22.9 Å². The van der Waals surface area contributed by atoms with Crippen LogP contribution in [-0.2, 0) is 0 Å². The van der Waals surface area contributed by atoms with Crippen molar-refractivity contribution in [2.45, 2.75) is 188 Å². The molecule has 0 N–H and O–H groups in total. The number of fused-ring (bicyclic) bond motifs is 1. The number of aryl methyl sites for hydroxylation is 1. The summed E-state index contributed by atoms with van der Waals surface area (Å²) in [5.74, 6) is 0. The Morgan fingerprint density at radius 1 is 0.397 bits per heavy atom. The Morgan fingerprint density at radius 3 is 1.35 bits per heavy atom. The predicted octanol–water partition coefficient (Wildman–Crippen LogP) is 19.5. The van der Waals surface area contributed by atoms with E-state index in [0.717, 1.165) is 53.0 Å². The molecule has 0 spiro atoms. The molecule has 1 unspecified atom stereocenters. The van der Waals surface area contributed by atoms with Crippen molar-refractivity contribution >= 4 is 55.7 Å². The number of anilines is 2. The van der Waals surface area contributed by atoms with Crippen LogP contribution in [0.25, 0.3) is 21.5 Å². The summed E-state index contributed by atoms with van der Waals surface area (Å²) in [6.45, 7) is 13.7. The minimum atomic E-state index is -0.0454. The highest BCUT2D eigenvalue weighted by atomic mass is 15.4. The molecule has 63 heavy (non-hydrogen) atoms. The Kier molecular flexibility index (Phi) is 19.5. The van der Waals surface area contributed by atoms with Gasteiger partial charge in [-0.05, 0) is 81.5 Å². The number of rotatable bonds is 29. The first kappa shape index (κ1) is 47.9. The zero-order chi connectivity index (χ0) is 44.1. The lowest BCUT2D eigenvalue weighted by atomic mass is 9.87. The molecule has 1 atom stereocenters. The van der Waals surface area contributed by atoms with Crippen LogP contribution in [0.3, 0.4) is 0 Å². The molecule has 6 nitrogen and oxygen atoms in total. The molecular weight excluding hydrogens is 769 g/mol. The van der Waals surface area contributed by atoms with Crippen LogP contribution >= 0.6 is 0 Å². The number of benzene rings is 5. The Balaban J connectivity index is 1.34. The van der Waals surface area contributed by atoms with E-state index in [1.165, 1.54) is 169 Å². The largest absolute Gasteiger partial charge is 0.348 e. The van der Waals surface area contributed by atoms with Gasteiger partial charge in [-0.1, -0.05) is 197 Å². The average molecular weight is 849 g/mol. The van der Waals surface area contributed by atoms with Gasteiger partial charge in [0, 0.05) is 46.0 Å². The van der Waals surface area contributed by atoms with Gasteiger partial charge in [0.1, 0.15) is 5.66 Å². The van der Waals surface area contributed by atoms with Gasteiger partial charge in [0.2, 0.25) is 0 Å². The van der Waals surface area contributed by atoms with E-state index in [1.807, 2.05) is 24.3 Å². The van der Waals surface area contributed by atoms with E-state index in [0.29, 0.717) is 0 Å². The van der Waals surface area contributed by atoms with Crippen molar-refractivity contribution in [3.05, 3.63) is 96.6 Å². The third kappa shape index (κ3) is 12.8. The highest BCUT2D eigenvalue weighted by Crippen LogP contribution is 2.51. The number of hydrogen-bond acceptors (Lipinski definition) is 6. The van der Waals surface area contributed by atoms with Crippen LogP contribution in [0.4, 0.5) is 34.1 Å². The molecule has 5 aromatic rings. The maximum absolute atomic E-state index is 5.08. The van der Waals surface area contributed by atoms with E-state index in [2.05, 4.69) is 121 Å². The van der Waals surface area contributed by atoms with Crippen LogP contribution in [0.2, 0.25) is 0 Å². The fourth-order valence-corrected chi connectivity index (χ4v) is 10.1.